The van der Waals surface area contributed by atoms with Gasteiger partial charge in [0.25, 0.3) is 5.69 Å². The number of nitro groups is 1. The minimum atomic E-state index is -0.436. The van der Waals surface area contributed by atoms with Crippen LogP contribution in [-0.2, 0) is 4.79 Å². The fourth-order valence-electron chi connectivity index (χ4n) is 5.10. The van der Waals surface area contributed by atoms with Crippen molar-refractivity contribution in [3.63, 3.8) is 0 Å². The maximum Gasteiger partial charge on any atom is 0.269 e. The molecule has 0 amide bonds. The predicted molar refractivity (Wildman–Crippen MR) is 145 cm³/mol. The number of methoxy groups -OCH3 is 1. The zero-order chi connectivity index (χ0) is 26.2. The molecule has 0 fully saturated rings. The Morgan fingerprint density at radius 2 is 1.68 bits per heavy atom. The molecule has 0 saturated carbocycles. The number of benzene rings is 3. The number of ketones is 1. The van der Waals surface area contributed by atoms with Gasteiger partial charge < -0.3 is 10.1 Å². The van der Waals surface area contributed by atoms with Crippen molar-refractivity contribution >= 4 is 23.2 Å². The van der Waals surface area contributed by atoms with Crippen molar-refractivity contribution in [1.82, 2.24) is 5.32 Å². The Labute approximate surface area is 216 Å². The van der Waals surface area contributed by atoms with Crippen LogP contribution in [0.15, 0.2) is 102 Å². The van der Waals surface area contributed by atoms with Crippen LogP contribution in [0.2, 0.25) is 0 Å². The van der Waals surface area contributed by atoms with Gasteiger partial charge in [0, 0.05) is 40.6 Å². The van der Waals surface area contributed by atoms with Gasteiger partial charge in [-0.2, -0.15) is 0 Å². The SMILES string of the molecule is COc1ccc(C2=CC(c3ccccc3)C3=C(CC(C)(C)/C(=C/c4ccc([N+](=O)[O-])cc4)C3=O)N2)cc1. The lowest BCUT2D eigenvalue weighted by molar-refractivity contribution is -0.384. The summed E-state index contributed by atoms with van der Waals surface area (Å²) in [6.07, 6.45) is 4.65. The summed E-state index contributed by atoms with van der Waals surface area (Å²) in [5.74, 6) is 0.573. The molecule has 1 atom stereocenters. The molecular formula is C31H28N2O4. The number of carbonyl (C=O) groups excluding carboxylic acids is 1. The summed E-state index contributed by atoms with van der Waals surface area (Å²) >= 11 is 0. The van der Waals surface area contributed by atoms with Gasteiger partial charge in [-0.15, -0.1) is 0 Å². The number of nitro benzene ring substituents is 1. The van der Waals surface area contributed by atoms with E-state index < -0.39 is 10.3 Å². The van der Waals surface area contributed by atoms with Crippen molar-refractivity contribution in [3.8, 4) is 5.75 Å². The fourth-order valence-corrected chi connectivity index (χ4v) is 5.10. The largest absolute Gasteiger partial charge is 0.497 e. The van der Waals surface area contributed by atoms with Crippen molar-refractivity contribution < 1.29 is 14.5 Å². The number of non-ortho nitro benzene ring substituents is 1. The maximum atomic E-state index is 14.1. The van der Waals surface area contributed by atoms with E-state index in [-0.39, 0.29) is 17.4 Å². The molecule has 0 aromatic heterocycles. The number of Topliss-reactive ketones (excluding diaryl/α,β-unsaturated/α-hetero) is 1. The molecule has 5 rings (SSSR count). The van der Waals surface area contributed by atoms with Crippen molar-refractivity contribution in [1.29, 1.82) is 0 Å². The summed E-state index contributed by atoms with van der Waals surface area (Å²) in [6, 6.07) is 24.3. The molecule has 1 unspecified atom stereocenters. The average molecular weight is 493 g/mol. The third-order valence-electron chi connectivity index (χ3n) is 7.07. The number of rotatable bonds is 5. The molecule has 37 heavy (non-hydrogen) atoms. The van der Waals surface area contributed by atoms with Gasteiger partial charge in [0.05, 0.1) is 12.0 Å². The van der Waals surface area contributed by atoms with Crippen LogP contribution in [0.4, 0.5) is 5.69 Å². The van der Waals surface area contributed by atoms with E-state index in [1.54, 1.807) is 19.2 Å². The molecule has 3 aromatic rings. The fraction of sp³-hybridized carbons (Fsp3) is 0.194. The minimum absolute atomic E-state index is 0.00372. The summed E-state index contributed by atoms with van der Waals surface area (Å²) in [7, 11) is 1.65. The molecule has 6 heteroatoms. The van der Waals surface area contributed by atoms with Gasteiger partial charge in [0.2, 0.25) is 0 Å². The lowest BCUT2D eigenvalue weighted by atomic mass is 9.67. The first kappa shape index (κ1) is 24.3. The number of ether oxygens (including phenoxy) is 1. The Hall–Kier alpha value is -4.45. The molecule has 1 N–H and O–H groups in total. The Kier molecular flexibility index (Phi) is 6.25. The van der Waals surface area contributed by atoms with Crippen LogP contribution in [0.1, 0.15) is 42.9 Å². The quantitative estimate of drug-likeness (QED) is 0.244. The lowest BCUT2D eigenvalue weighted by Gasteiger charge is -2.40. The smallest absolute Gasteiger partial charge is 0.269 e. The standard InChI is InChI=1S/C31H28N2O4/c1-31(2)19-28-29(30(34)26(31)17-20-9-13-23(14-10-20)33(35)36)25(21-7-5-4-6-8-21)18-27(32-28)22-11-15-24(37-3)16-12-22/h4-18,25,32H,19H2,1-3H3/b26-17+. The molecule has 3 aromatic carbocycles. The molecule has 0 spiro atoms. The number of allylic oxidation sites excluding steroid dienone is 4. The highest BCUT2D eigenvalue weighted by molar-refractivity contribution is 6.15. The van der Waals surface area contributed by atoms with E-state index in [1.165, 1.54) is 12.1 Å². The topological polar surface area (TPSA) is 81.5 Å². The summed E-state index contributed by atoms with van der Waals surface area (Å²) < 4.78 is 5.32. The van der Waals surface area contributed by atoms with Gasteiger partial charge in [0.1, 0.15) is 5.75 Å². The zero-order valence-electron chi connectivity index (χ0n) is 21.0. The first-order valence-corrected chi connectivity index (χ1v) is 12.2. The van der Waals surface area contributed by atoms with E-state index >= 15 is 0 Å². The second-order valence-electron chi connectivity index (χ2n) is 10.0. The van der Waals surface area contributed by atoms with Crippen LogP contribution in [0.5, 0.6) is 5.75 Å². The number of carbonyl (C=O) groups is 1. The summed E-state index contributed by atoms with van der Waals surface area (Å²) in [4.78, 5) is 24.8. The van der Waals surface area contributed by atoms with Gasteiger partial charge in [-0.3, -0.25) is 14.9 Å². The van der Waals surface area contributed by atoms with Crippen molar-refractivity contribution in [2.75, 3.05) is 7.11 Å². The zero-order valence-corrected chi connectivity index (χ0v) is 21.0. The highest BCUT2D eigenvalue weighted by Gasteiger charge is 2.42. The molecule has 1 heterocycles. The average Bonchev–Trinajstić information content (AvgIpc) is 2.91. The third-order valence-corrected chi connectivity index (χ3v) is 7.07. The van der Waals surface area contributed by atoms with Gasteiger partial charge >= 0.3 is 0 Å². The van der Waals surface area contributed by atoms with Crippen LogP contribution in [0.25, 0.3) is 11.8 Å². The van der Waals surface area contributed by atoms with Crippen molar-refractivity contribution in [2.24, 2.45) is 5.41 Å². The van der Waals surface area contributed by atoms with E-state index in [2.05, 4.69) is 37.4 Å². The van der Waals surface area contributed by atoms with Crippen molar-refractivity contribution in [3.05, 3.63) is 129 Å². The number of hydrogen-bond donors (Lipinski definition) is 1. The lowest BCUT2D eigenvalue weighted by Crippen LogP contribution is -2.37. The Bertz CT molecular complexity index is 1450. The first-order valence-electron chi connectivity index (χ1n) is 12.2. The highest BCUT2D eigenvalue weighted by Crippen LogP contribution is 2.48. The Balaban J connectivity index is 1.58. The van der Waals surface area contributed by atoms with Gasteiger partial charge in [-0.05, 0) is 77.1 Å². The number of dihydropyridines is 1. The number of hydrogen-bond acceptors (Lipinski definition) is 5. The molecule has 6 nitrogen and oxygen atoms in total. The highest BCUT2D eigenvalue weighted by atomic mass is 16.6. The Morgan fingerprint density at radius 3 is 2.30 bits per heavy atom. The van der Waals surface area contributed by atoms with Gasteiger partial charge in [-0.1, -0.05) is 44.2 Å². The van der Waals surface area contributed by atoms with Crippen LogP contribution in [0.3, 0.4) is 0 Å². The third kappa shape index (κ3) is 4.70. The van der Waals surface area contributed by atoms with E-state index in [9.17, 15) is 14.9 Å². The summed E-state index contributed by atoms with van der Waals surface area (Å²) in [5.41, 5.74) is 5.75. The number of nitrogens with one attached hydrogen (secondary N) is 1. The second kappa shape index (κ2) is 9.54. The number of nitrogens with zero attached hydrogens (tertiary/aromatic N) is 1. The normalized spacial score (nSPS) is 19.6. The molecule has 0 saturated heterocycles. The summed E-state index contributed by atoms with van der Waals surface area (Å²) in [6.45, 7) is 4.13. The van der Waals surface area contributed by atoms with Gasteiger partial charge in [0.15, 0.2) is 5.78 Å². The van der Waals surface area contributed by atoms with Crippen LogP contribution in [0, 0.1) is 15.5 Å². The molecular weight excluding hydrogens is 464 g/mol. The second-order valence-corrected chi connectivity index (χ2v) is 10.0. The van der Waals surface area contributed by atoms with Crippen LogP contribution >= 0.6 is 0 Å². The maximum absolute atomic E-state index is 14.1. The van der Waals surface area contributed by atoms with E-state index in [0.29, 0.717) is 12.0 Å². The minimum Gasteiger partial charge on any atom is -0.497 e. The molecule has 1 aliphatic carbocycles. The molecule has 2 aliphatic rings. The monoisotopic (exact) mass is 492 g/mol. The van der Waals surface area contributed by atoms with E-state index in [0.717, 1.165) is 39.4 Å². The van der Waals surface area contributed by atoms with E-state index in [4.69, 9.17) is 4.74 Å². The first-order chi connectivity index (χ1) is 17.8. The van der Waals surface area contributed by atoms with Gasteiger partial charge in [-0.25, -0.2) is 0 Å². The predicted octanol–water partition coefficient (Wildman–Crippen LogP) is 6.67. The van der Waals surface area contributed by atoms with Crippen LogP contribution < -0.4 is 10.1 Å². The van der Waals surface area contributed by atoms with Crippen molar-refractivity contribution in [2.45, 2.75) is 26.2 Å². The Morgan fingerprint density at radius 1 is 1.00 bits per heavy atom. The molecule has 1 aliphatic heterocycles. The summed E-state index contributed by atoms with van der Waals surface area (Å²) in [5, 5.41) is 14.6. The molecule has 0 radical (unpaired) electrons. The molecule has 186 valence electrons. The molecule has 0 bridgehead atoms. The van der Waals surface area contributed by atoms with Crippen LogP contribution in [-0.4, -0.2) is 17.8 Å². The van der Waals surface area contributed by atoms with E-state index in [1.807, 2.05) is 48.5 Å².